The molecule has 1 aromatic heterocycles. The Labute approximate surface area is 172 Å². The van der Waals surface area contributed by atoms with Crippen LogP contribution in [-0.2, 0) is 0 Å². The van der Waals surface area contributed by atoms with Gasteiger partial charge in [-0.15, -0.1) is 0 Å². The second-order valence-corrected chi connectivity index (χ2v) is 6.91. The number of ether oxygens (including phenoxy) is 1. The normalized spacial score (nSPS) is 11.3. The molecule has 0 fully saturated rings. The van der Waals surface area contributed by atoms with Crippen LogP contribution in [0.4, 0.5) is 4.39 Å². The lowest BCUT2D eigenvalue weighted by Gasteiger charge is -2.04. The molecule has 0 saturated heterocycles. The predicted octanol–water partition coefficient (Wildman–Crippen LogP) is 5.68. The molecule has 0 aliphatic carbocycles. The molecule has 0 radical (unpaired) electrons. The molecule has 0 spiro atoms. The number of phenolic OH excluding ortho intramolecular Hbond substituents is 1. The molecule has 4 aromatic rings. The van der Waals surface area contributed by atoms with Crippen LogP contribution in [0, 0.1) is 19.7 Å². The lowest BCUT2D eigenvalue weighted by atomic mass is 10.1. The Bertz CT molecular complexity index is 1250. The van der Waals surface area contributed by atoms with Gasteiger partial charge in [0.2, 0.25) is 5.89 Å². The first-order valence-electron chi connectivity index (χ1n) is 9.26. The zero-order valence-corrected chi connectivity index (χ0v) is 16.3. The van der Waals surface area contributed by atoms with Crippen LogP contribution in [0.25, 0.3) is 23.3 Å². The summed E-state index contributed by atoms with van der Waals surface area (Å²) in [6.07, 6.45) is 3.57. The minimum Gasteiger partial charge on any atom is -0.507 e. The molecule has 0 amide bonds. The van der Waals surface area contributed by atoms with Gasteiger partial charge in [-0.2, -0.15) is 0 Å². The highest BCUT2D eigenvalue weighted by molar-refractivity contribution is 5.94. The van der Waals surface area contributed by atoms with Gasteiger partial charge in [-0.1, -0.05) is 0 Å². The number of halogens is 1. The van der Waals surface area contributed by atoms with E-state index >= 15 is 0 Å². The zero-order valence-electron chi connectivity index (χ0n) is 16.3. The van der Waals surface area contributed by atoms with Crippen LogP contribution >= 0.6 is 0 Å². The fourth-order valence-electron chi connectivity index (χ4n) is 3.06. The Morgan fingerprint density at radius 3 is 2.43 bits per heavy atom. The Morgan fingerprint density at radius 1 is 1.03 bits per heavy atom. The number of hydrogen-bond donors (Lipinski definition) is 1. The van der Waals surface area contributed by atoms with Gasteiger partial charge < -0.3 is 14.3 Å². The number of oxazole rings is 1. The number of benzene rings is 3. The van der Waals surface area contributed by atoms with Gasteiger partial charge in [0.25, 0.3) is 0 Å². The van der Waals surface area contributed by atoms with Crippen LogP contribution in [0.5, 0.6) is 11.5 Å². The van der Waals surface area contributed by atoms with Crippen LogP contribution in [0.2, 0.25) is 0 Å². The summed E-state index contributed by atoms with van der Waals surface area (Å²) in [6.45, 7) is 3.68. The maximum absolute atomic E-state index is 13.0. The second-order valence-electron chi connectivity index (χ2n) is 6.91. The van der Waals surface area contributed by atoms with E-state index in [0.717, 1.165) is 16.7 Å². The van der Waals surface area contributed by atoms with Crippen molar-refractivity contribution in [3.05, 3.63) is 88.6 Å². The molecule has 0 aliphatic heterocycles. The summed E-state index contributed by atoms with van der Waals surface area (Å²) < 4.78 is 23.9. The van der Waals surface area contributed by atoms with Crippen LogP contribution in [0.15, 0.2) is 59.0 Å². The number of fused-ring (bicyclic) bond motifs is 1. The summed E-state index contributed by atoms with van der Waals surface area (Å²) in [5, 5.41) is 9.88. The van der Waals surface area contributed by atoms with Crippen molar-refractivity contribution in [1.29, 1.82) is 0 Å². The molecule has 4 rings (SSSR count). The van der Waals surface area contributed by atoms with Crippen molar-refractivity contribution < 1.29 is 23.4 Å². The van der Waals surface area contributed by atoms with E-state index in [0.29, 0.717) is 22.6 Å². The number of aromatic nitrogens is 1. The monoisotopic (exact) mass is 403 g/mol. The second kappa shape index (κ2) is 7.83. The molecule has 1 N–H and O–H groups in total. The predicted molar refractivity (Wildman–Crippen MR) is 112 cm³/mol. The maximum Gasteiger partial charge on any atom is 0.343 e. The summed E-state index contributed by atoms with van der Waals surface area (Å²) in [4.78, 5) is 16.7. The van der Waals surface area contributed by atoms with Crippen molar-refractivity contribution in [3.63, 3.8) is 0 Å². The molecule has 0 unspecified atom stereocenters. The molecule has 6 heteroatoms. The van der Waals surface area contributed by atoms with Gasteiger partial charge in [-0.05, 0) is 91.2 Å². The van der Waals surface area contributed by atoms with E-state index in [2.05, 4.69) is 4.98 Å². The summed E-state index contributed by atoms with van der Waals surface area (Å²) in [6, 6.07) is 13.8. The molecule has 30 heavy (non-hydrogen) atoms. The first-order valence-corrected chi connectivity index (χ1v) is 9.26. The Balaban J connectivity index is 1.55. The van der Waals surface area contributed by atoms with Crippen molar-refractivity contribution in [2.45, 2.75) is 13.8 Å². The highest BCUT2D eigenvalue weighted by Gasteiger charge is 2.12. The molecule has 0 atom stereocenters. The highest BCUT2D eigenvalue weighted by Crippen LogP contribution is 2.25. The highest BCUT2D eigenvalue weighted by atomic mass is 19.1. The Morgan fingerprint density at radius 2 is 1.73 bits per heavy atom. The number of phenols is 1. The van der Waals surface area contributed by atoms with Crippen LogP contribution in [0.1, 0.15) is 32.9 Å². The standard InChI is InChI=1S/C24H18FNO4/c1-14-11-16(12-15(2)23(14)27)3-10-22-26-20-9-4-17(13-21(20)30-22)24(28)29-19-7-5-18(25)6-8-19/h3-13,27H,1-2H3/b10-3+. The molecule has 0 saturated carbocycles. The summed E-state index contributed by atoms with van der Waals surface area (Å²) in [7, 11) is 0. The van der Waals surface area contributed by atoms with E-state index in [9.17, 15) is 14.3 Å². The number of nitrogens with zero attached hydrogens (tertiary/aromatic N) is 1. The molecular formula is C24H18FNO4. The van der Waals surface area contributed by atoms with E-state index in [4.69, 9.17) is 9.15 Å². The largest absolute Gasteiger partial charge is 0.507 e. The van der Waals surface area contributed by atoms with Gasteiger partial charge in [0.15, 0.2) is 5.58 Å². The van der Waals surface area contributed by atoms with E-state index in [-0.39, 0.29) is 11.5 Å². The van der Waals surface area contributed by atoms with Crippen molar-refractivity contribution in [3.8, 4) is 11.5 Å². The minimum absolute atomic E-state index is 0.252. The van der Waals surface area contributed by atoms with Crippen LogP contribution < -0.4 is 4.74 Å². The van der Waals surface area contributed by atoms with Crippen molar-refractivity contribution >= 4 is 29.2 Å². The summed E-state index contributed by atoms with van der Waals surface area (Å²) in [5.74, 6) is -0.0585. The average Bonchev–Trinajstić information content (AvgIpc) is 3.14. The van der Waals surface area contributed by atoms with Gasteiger partial charge in [0, 0.05) is 6.08 Å². The first-order chi connectivity index (χ1) is 14.4. The molecule has 3 aromatic carbocycles. The van der Waals surface area contributed by atoms with Gasteiger partial charge in [-0.25, -0.2) is 14.2 Å². The number of carbonyl (C=O) groups is 1. The minimum atomic E-state index is -0.577. The van der Waals surface area contributed by atoms with Gasteiger partial charge in [0.05, 0.1) is 5.56 Å². The molecule has 0 bridgehead atoms. The van der Waals surface area contributed by atoms with Gasteiger partial charge in [0.1, 0.15) is 22.8 Å². The van der Waals surface area contributed by atoms with Crippen molar-refractivity contribution in [1.82, 2.24) is 4.98 Å². The number of esters is 1. The molecule has 0 aliphatic rings. The quantitative estimate of drug-likeness (QED) is 0.351. The van der Waals surface area contributed by atoms with E-state index in [1.807, 2.05) is 32.1 Å². The Kier molecular flexibility index (Phi) is 5.06. The molecular weight excluding hydrogens is 385 g/mol. The fraction of sp³-hybridized carbons (Fsp3) is 0.0833. The molecule has 5 nitrogen and oxygen atoms in total. The third-order valence-corrected chi connectivity index (χ3v) is 4.60. The summed E-state index contributed by atoms with van der Waals surface area (Å²) in [5.41, 5.74) is 3.83. The topological polar surface area (TPSA) is 72.6 Å². The van der Waals surface area contributed by atoms with E-state index < -0.39 is 11.8 Å². The lowest BCUT2D eigenvalue weighted by Crippen LogP contribution is -2.08. The van der Waals surface area contributed by atoms with Crippen LogP contribution in [-0.4, -0.2) is 16.1 Å². The third kappa shape index (κ3) is 4.07. The average molecular weight is 403 g/mol. The smallest absolute Gasteiger partial charge is 0.343 e. The van der Waals surface area contributed by atoms with Crippen molar-refractivity contribution in [2.75, 3.05) is 0 Å². The SMILES string of the molecule is Cc1cc(/C=C/c2nc3ccc(C(=O)Oc4ccc(F)cc4)cc3o2)cc(C)c1O. The zero-order chi connectivity index (χ0) is 21.3. The molecule has 150 valence electrons. The number of aromatic hydroxyl groups is 1. The number of aryl methyl sites for hydroxylation is 2. The number of carbonyl (C=O) groups excluding carboxylic acids is 1. The first kappa shape index (κ1) is 19.4. The lowest BCUT2D eigenvalue weighted by molar-refractivity contribution is 0.0734. The van der Waals surface area contributed by atoms with Crippen molar-refractivity contribution in [2.24, 2.45) is 0 Å². The summed E-state index contributed by atoms with van der Waals surface area (Å²) >= 11 is 0. The van der Waals surface area contributed by atoms with Crippen LogP contribution in [0.3, 0.4) is 0 Å². The van der Waals surface area contributed by atoms with Gasteiger partial charge >= 0.3 is 5.97 Å². The maximum atomic E-state index is 13.0. The Hall–Kier alpha value is -3.93. The number of rotatable bonds is 4. The third-order valence-electron chi connectivity index (χ3n) is 4.60. The fourth-order valence-corrected chi connectivity index (χ4v) is 3.06. The van der Waals surface area contributed by atoms with E-state index in [1.54, 1.807) is 24.3 Å². The van der Waals surface area contributed by atoms with Gasteiger partial charge in [-0.3, -0.25) is 0 Å². The van der Waals surface area contributed by atoms with E-state index in [1.165, 1.54) is 24.3 Å². The number of hydrogen-bond acceptors (Lipinski definition) is 5. The molecule has 1 heterocycles.